The minimum Gasteiger partial charge on any atom is -0.325 e. The molecule has 0 bridgehead atoms. The molecule has 0 aliphatic carbocycles. The van der Waals surface area contributed by atoms with E-state index in [-0.39, 0.29) is 6.03 Å². The number of anilines is 1. The summed E-state index contributed by atoms with van der Waals surface area (Å²) in [4.78, 5) is 13.7. The molecule has 0 spiro atoms. The molecule has 5 heteroatoms. The van der Waals surface area contributed by atoms with Crippen molar-refractivity contribution in [2.75, 3.05) is 18.4 Å². The van der Waals surface area contributed by atoms with Crippen LogP contribution in [0.15, 0.2) is 36.5 Å². The topological polar surface area (TPSA) is 61.0 Å². The van der Waals surface area contributed by atoms with Gasteiger partial charge in [-0.1, -0.05) is 12.1 Å². The van der Waals surface area contributed by atoms with Crippen molar-refractivity contribution in [3.63, 3.8) is 0 Å². The number of hydrogen-bond acceptors (Lipinski definition) is 2. The zero-order chi connectivity index (χ0) is 13.7. The van der Waals surface area contributed by atoms with Crippen molar-refractivity contribution in [3.8, 4) is 11.3 Å². The van der Waals surface area contributed by atoms with Gasteiger partial charge in [0.1, 0.15) is 0 Å². The van der Waals surface area contributed by atoms with Gasteiger partial charge in [0.15, 0.2) is 0 Å². The molecule has 0 saturated carbocycles. The summed E-state index contributed by atoms with van der Waals surface area (Å²) in [6.07, 6.45) is 1.70. The van der Waals surface area contributed by atoms with Crippen LogP contribution >= 0.6 is 0 Å². The van der Waals surface area contributed by atoms with Crippen LogP contribution in [0.3, 0.4) is 0 Å². The molecular formula is C14H18N4O. The smallest absolute Gasteiger partial charge is 0.321 e. The Morgan fingerprint density at radius 1 is 1.32 bits per heavy atom. The van der Waals surface area contributed by atoms with Gasteiger partial charge in [0.25, 0.3) is 0 Å². The van der Waals surface area contributed by atoms with Crippen LogP contribution in [0, 0.1) is 0 Å². The van der Waals surface area contributed by atoms with E-state index in [0.717, 1.165) is 16.9 Å². The van der Waals surface area contributed by atoms with E-state index in [2.05, 4.69) is 15.5 Å². The third kappa shape index (κ3) is 3.13. The number of rotatable bonds is 4. The fraction of sp³-hybridized carbons (Fsp3) is 0.286. The number of urea groups is 1. The molecule has 0 aliphatic heterocycles. The maximum Gasteiger partial charge on any atom is 0.321 e. The lowest BCUT2D eigenvalue weighted by molar-refractivity contribution is 0.217. The lowest BCUT2D eigenvalue weighted by Gasteiger charge is -2.19. The van der Waals surface area contributed by atoms with Gasteiger partial charge >= 0.3 is 6.03 Å². The van der Waals surface area contributed by atoms with Crippen LogP contribution < -0.4 is 5.32 Å². The van der Waals surface area contributed by atoms with E-state index in [9.17, 15) is 4.79 Å². The number of H-pyrrole nitrogens is 1. The van der Waals surface area contributed by atoms with Crippen LogP contribution in [-0.4, -0.2) is 34.2 Å². The SMILES string of the molecule is CCN(CC)C(=O)Nc1cccc(-c2ccn[nH]2)c1. The van der Waals surface area contributed by atoms with Crippen LogP contribution in [0.2, 0.25) is 0 Å². The Morgan fingerprint density at radius 3 is 2.74 bits per heavy atom. The minimum absolute atomic E-state index is 0.0771. The molecule has 2 amide bonds. The predicted molar refractivity (Wildman–Crippen MR) is 76.0 cm³/mol. The van der Waals surface area contributed by atoms with E-state index < -0.39 is 0 Å². The van der Waals surface area contributed by atoms with Crippen molar-refractivity contribution >= 4 is 11.7 Å². The van der Waals surface area contributed by atoms with Crippen LogP contribution in [0.25, 0.3) is 11.3 Å². The fourth-order valence-electron chi connectivity index (χ4n) is 1.89. The molecule has 1 heterocycles. The van der Waals surface area contributed by atoms with Gasteiger partial charge in [-0.25, -0.2) is 4.79 Å². The van der Waals surface area contributed by atoms with Crippen LogP contribution in [0.5, 0.6) is 0 Å². The number of carbonyl (C=O) groups is 1. The van der Waals surface area contributed by atoms with Gasteiger partial charge in [0.05, 0.1) is 5.69 Å². The second-order valence-corrected chi connectivity index (χ2v) is 4.15. The average Bonchev–Trinajstić information content (AvgIpc) is 2.94. The summed E-state index contributed by atoms with van der Waals surface area (Å²) in [5, 5.41) is 9.73. The molecule has 2 aromatic rings. The van der Waals surface area contributed by atoms with E-state index in [4.69, 9.17) is 0 Å². The van der Waals surface area contributed by atoms with Crippen LogP contribution in [0.1, 0.15) is 13.8 Å². The largest absolute Gasteiger partial charge is 0.325 e. The first-order chi connectivity index (χ1) is 9.24. The molecule has 1 aromatic heterocycles. The first kappa shape index (κ1) is 13.1. The Morgan fingerprint density at radius 2 is 2.11 bits per heavy atom. The van der Waals surface area contributed by atoms with Gasteiger partial charge in [-0.15, -0.1) is 0 Å². The van der Waals surface area contributed by atoms with Gasteiger partial charge < -0.3 is 10.2 Å². The maximum absolute atomic E-state index is 12.0. The highest BCUT2D eigenvalue weighted by molar-refractivity contribution is 5.90. The summed E-state index contributed by atoms with van der Waals surface area (Å²) in [5.41, 5.74) is 2.71. The second-order valence-electron chi connectivity index (χ2n) is 4.15. The number of amides is 2. The summed E-state index contributed by atoms with van der Waals surface area (Å²) in [5.74, 6) is 0. The Balaban J connectivity index is 2.14. The number of benzene rings is 1. The number of hydrogen-bond donors (Lipinski definition) is 2. The van der Waals surface area contributed by atoms with E-state index in [1.807, 2.05) is 44.2 Å². The standard InChI is InChI=1S/C14H18N4O/c1-3-18(4-2)14(19)16-12-7-5-6-11(10-12)13-8-9-15-17-13/h5-10H,3-4H2,1-2H3,(H,15,17)(H,16,19). The monoisotopic (exact) mass is 258 g/mol. The highest BCUT2D eigenvalue weighted by Gasteiger charge is 2.09. The molecule has 0 aliphatic rings. The molecule has 0 unspecified atom stereocenters. The molecule has 2 rings (SSSR count). The molecule has 19 heavy (non-hydrogen) atoms. The quantitative estimate of drug-likeness (QED) is 0.885. The summed E-state index contributed by atoms with van der Waals surface area (Å²) < 4.78 is 0. The van der Waals surface area contributed by atoms with E-state index in [1.165, 1.54) is 0 Å². The summed E-state index contributed by atoms with van der Waals surface area (Å²) >= 11 is 0. The molecule has 1 aromatic carbocycles. The predicted octanol–water partition coefficient (Wildman–Crippen LogP) is 2.95. The van der Waals surface area contributed by atoms with Gasteiger partial charge in [-0.2, -0.15) is 5.10 Å². The van der Waals surface area contributed by atoms with E-state index >= 15 is 0 Å². The number of aromatic amines is 1. The fourth-order valence-corrected chi connectivity index (χ4v) is 1.89. The van der Waals surface area contributed by atoms with Gasteiger partial charge in [-0.3, -0.25) is 5.10 Å². The van der Waals surface area contributed by atoms with Gasteiger partial charge in [0, 0.05) is 30.5 Å². The zero-order valence-corrected chi connectivity index (χ0v) is 11.2. The van der Waals surface area contributed by atoms with Crippen molar-refractivity contribution in [1.82, 2.24) is 15.1 Å². The second kappa shape index (κ2) is 6.04. The summed E-state index contributed by atoms with van der Waals surface area (Å²) in [6, 6.07) is 9.50. The number of nitrogens with zero attached hydrogens (tertiary/aromatic N) is 2. The van der Waals surface area contributed by atoms with Crippen molar-refractivity contribution in [2.45, 2.75) is 13.8 Å². The molecule has 0 saturated heterocycles. The molecule has 100 valence electrons. The molecular weight excluding hydrogens is 240 g/mol. The van der Waals surface area contributed by atoms with Crippen molar-refractivity contribution in [2.24, 2.45) is 0 Å². The number of aromatic nitrogens is 2. The van der Waals surface area contributed by atoms with Crippen molar-refractivity contribution < 1.29 is 4.79 Å². The molecule has 0 atom stereocenters. The minimum atomic E-state index is -0.0771. The Hall–Kier alpha value is -2.30. The normalized spacial score (nSPS) is 10.2. The van der Waals surface area contributed by atoms with E-state index in [1.54, 1.807) is 11.1 Å². The maximum atomic E-state index is 12.0. The zero-order valence-electron chi connectivity index (χ0n) is 11.2. The molecule has 5 nitrogen and oxygen atoms in total. The van der Waals surface area contributed by atoms with Crippen LogP contribution in [-0.2, 0) is 0 Å². The van der Waals surface area contributed by atoms with Gasteiger partial charge in [0.2, 0.25) is 0 Å². The van der Waals surface area contributed by atoms with E-state index in [0.29, 0.717) is 13.1 Å². The number of carbonyl (C=O) groups excluding carboxylic acids is 1. The Labute approximate surface area is 112 Å². The highest BCUT2D eigenvalue weighted by atomic mass is 16.2. The third-order valence-electron chi connectivity index (χ3n) is 2.98. The Bertz CT molecular complexity index is 532. The van der Waals surface area contributed by atoms with Gasteiger partial charge in [-0.05, 0) is 32.0 Å². The van der Waals surface area contributed by atoms with Crippen molar-refractivity contribution in [3.05, 3.63) is 36.5 Å². The first-order valence-corrected chi connectivity index (χ1v) is 6.40. The first-order valence-electron chi connectivity index (χ1n) is 6.40. The lowest BCUT2D eigenvalue weighted by atomic mass is 10.1. The van der Waals surface area contributed by atoms with Crippen LogP contribution in [0.4, 0.5) is 10.5 Å². The molecule has 2 N–H and O–H groups in total. The highest BCUT2D eigenvalue weighted by Crippen LogP contribution is 2.20. The number of nitrogens with one attached hydrogen (secondary N) is 2. The molecule has 0 fully saturated rings. The summed E-state index contributed by atoms with van der Waals surface area (Å²) in [6.45, 7) is 5.32. The molecule has 0 radical (unpaired) electrons. The van der Waals surface area contributed by atoms with Crippen molar-refractivity contribution in [1.29, 1.82) is 0 Å². The Kier molecular flexibility index (Phi) is 4.18. The third-order valence-corrected chi connectivity index (χ3v) is 2.98. The lowest BCUT2D eigenvalue weighted by Crippen LogP contribution is -2.34. The summed E-state index contributed by atoms with van der Waals surface area (Å²) in [7, 11) is 0. The average molecular weight is 258 g/mol.